The van der Waals surface area contributed by atoms with E-state index in [2.05, 4.69) is 9.84 Å². The van der Waals surface area contributed by atoms with Crippen LogP contribution in [0.3, 0.4) is 0 Å². The average molecular weight is 245 g/mol. The zero-order valence-electron chi connectivity index (χ0n) is 9.14. The smallest absolute Gasteiger partial charge is 0.313 e. The van der Waals surface area contributed by atoms with Crippen LogP contribution in [0, 0.1) is 5.92 Å². The molecule has 0 fully saturated rings. The van der Waals surface area contributed by atoms with E-state index < -0.39 is 5.97 Å². The van der Waals surface area contributed by atoms with Crippen molar-refractivity contribution < 1.29 is 14.3 Å². The van der Waals surface area contributed by atoms with Gasteiger partial charge in [-0.15, -0.1) is 0 Å². The Morgan fingerprint density at radius 3 is 2.81 bits per heavy atom. The first kappa shape index (κ1) is 12.7. The van der Waals surface area contributed by atoms with Crippen LogP contribution >= 0.6 is 11.6 Å². The number of carbonyl (C=O) groups is 2. The van der Waals surface area contributed by atoms with Crippen molar-refractivity contribution in [2.75, 3.05) is 7.11 Å². The van der Waals surface area contributed by atoms with Gasteiger partial charge in [0, 0.05) is 12.1 Å². The summed E-state index contributed by atoms with van der Waals surface area (Å²) in [5, 5.41) is 4.47. The van der Waals surface area contributed by atoms with Gasteiger partial charge in [0.05, 0.1) is 24.9 Å². The molecule has 0 unspecified atom stereocenters. The number of hydrogen-bond acceptors (Lipinski definition) is 4. The third-order valence-corrected chi connectivity index (χ3v) is 2.35. The topological polar surface area (TPSA) is 61.2 Å². The molecular weight excluding hydrogens is 232 g/mol. The van der Waals surface area contributed by atoms with Gasteiger partial charge in [-0.3, -0.25) is 14.3 Å². The second kappa shape index (κ2) is 5.65. The highest BCUT2D eigenvalue weighted by molar-refractivity contribution is 6.30. The molecule has 1 rings (SSSR count). The molecule has 0 N–H and O–H groups in total. The van der Waals surface area contributed by atoms with Crippen LogP contribution in [0.15, 0.2) is 12.4 Å². The fourth-order valence-electron chi connectivity index (χ4n) is 1.21. The predicted octanol–water partition coefficient (Wildman–Crippen LogP) is 1.30. The highest BCUT2D eigenvalue weighted by Crippen LogP contribution is 2.09. The summed E-state index contributed by atoms with van der Waals surface area (Å²) in [6, 6.07) is 0. The van der Waals surface area contributed by atoms with Gasteiger partial charge < -0.3 is 4.74 Å². The molecule has 6 heteroatoms. The number of Topliss-reactive ketones (excluding diaryl/α,β-unsaturated/α-hetero) is 1. The zero-order chi connectivity index (χ0) is 12.1. The Labute approximate surface area is 98.3 Å². The lowest BCUT2D eigenvalue weighted by Gasteiger charge is -2.09. The molecule has 1 heterocycles. The number of rotatable bonds is 5. The van der Waals surface area contributed by atoms with Crippen molar-refractivity contribution in [3.8, 4) is 0 Å². The number of carbonyl (C=O) groups excluding carboxylic acids is 2. The SMILES string of the molecule is COC(=O)CC(=O)[C@@H](C)Cn1cc(Cl)cn1. The van der Waals surface area contributed by atoms with Crippen LogP contribution in [0.4, 0.5) is 0 Å². The van der Waals surface area contributed by atoms with Crippen molar-refractivity contribution in [3.63, 3.8) is 0 Å². The minimum absolute atomic E-state index is 0.168. The van der Waals surface area contributed by atoms with Crippen LogP contribution in [-0.4, -0.2) is 28.6 Å². The molecule has 0 bridgehead atoms. The Morgan fingerprint density at radius 1 is 1.62 bits per heavy atom. The molecule has 0 saturated carbocycles. The number of aromatic nitrogens is 2. The van der Waals surface area contributed by atoms with E-state index >= 15 is 0 Å². The maximum atomic E-state index is 11.5. The minimum atomic E-state index is -0.518. The molecule has 0 aliphatic heterocycles. The van der Waals surface area contributed by atoms with Gasteiger partial charge in [-0.05, 0) is 0 Å². The molecule has 1 aromatic rings. The lowest BCUT2D eigenvalue weighted by Crippen LogP contribution is -2.21. The average Bonchev–Trinajstić information content (AvgIpc) is 2.63. The van der Waals surface area contributed by atoms with E-state index in [0.29, 0.717) is 11.6 Å². The van der Waals surface area contributed by atoms with Crippen molar-refractivity contribution in [3.05, 3.63) is 17.4 Å². The molecule has 0 aliphatic rings. The second-order valence-corrected chi connectivity index (χ2v) is 3.94. The van der Waals surface area contributed by atoms with Gasteiger partial charge in [0.15, 0.2) is 0 Å². The molecule has 0 aromatic carbocycles. The maximum absolute atomic E-state index is 11.5. The van der Waals surface area contributed by atoms with E-state index in [1.807, 2.05) is 0 Å². The second-order valence-electron chi connectivity index (χ2n) is 3.50. The number of ketones is 1. The Bertz CT molecular complexity index is 389. The summed E-state index contributed by atoms with van der Waals surface area (Å²) in [6.45, 7) is 2.14. The molecule has 0 radical (unpaired) electrons. The van der Waals surface area contributed by atoms with E-state index in [0.717, 1.165) is 0 Å². The quantitative estimate of drug-likeness (QED) is 0.579. The van der Waals surface area contributed by atoms with Crippen molar-refractivity contribution in [1.82, 2.24) is 9.78 Å². The minimum Gasteiger partial charge on any atom is -0.469 e. The first-order valence-corrected chi connectivity index (χ1v) is 5.18. The van der Waals surface area contributed by atoms with Gasteiger partial charge in [0.1, 0.15) is 12.2 Å². The van der Waals surface area contributed by atoms with Gasteiger partial charge in [-0.1, -0.05) is 18.5 Å². The molecule has 0 aliphatic carbocycles. The standard InChI is InChI=1S/C10H13ClN2O3/c1-7(9(14)3-10(15)16-2)5-13-6-8(11)4-12-13/h4,6-7H,3,5H2,1-2H3/t7-/m0/s1. The normalized spacial score (nSPS) is 12.2. The van der Waals surface area contributed by atoms with E-state index in [9.17, 15) is 9.59 Å². The summed E-state index contributed by atoms with van der Waals surface area (Å²) >= 11 is 5.69. The van der Waals surface area contributed by atoms with Crippen LogP contribution in [-0.2, 0) is 20.9 Å². The van der Waals surface area contributed by atoms with E-state index in [4.69, 9.17) is 11.6 Å². The highest BCUT2D eigenvalue weighted by Gasteiger charge is 2.17. The fraction of sp³-hybridized carbons (Fsp3) is 0.500. The lowest BCUT2D eigenvalue weighted by atomic mass is 10.0. The number of methoxy groups -OCH3 is 1. The molecule has 0 amide bonds. The van der Waals surface area contributed by atoms with Crippen LogP contribution in [0.25, 0.3) is 0 Å². The van der Waals surface area contributed by atoms with Crippen molar-refractivity contribution in [1.29, 1.82) is 0 Å². The number of ether oxygens (including phenoxy) is 1. The number of nitrogens with zero attached hydrogens (tertiary/aromatic N) is 2. The summed E-state index contributed by atoms with van der Waals surface area (Å²) in [5.74, 6) is -0.983. The molecule has 0 saturated heterocycles. The third kappa shape index (κ3) is 3.66. The van der Waals surface area contributed by atoms with Crippen molar-refractivity contribution in [2.45, 2.75) is 19.9 Å². The largest absolute Gasteiger partial charge is 0.469 e. The molecule has 1 aromatic heterocycles. The van der Waals surface area contributed by atoms with Crippen molar-refractivity contribution in [2.24, 2.45) is 5.92 Å². The molecule has 1 atom stereocenters. The van der Waals surface area contributed by atoms with Gasteiger partial charge in [0.25, 0.3) is 0 Å². The van der Waals surface area contributed by atoms with E-state index in [-0.39, 0.29) is 18.1 Å². The van der Waals surface area contributed by atoms with Crippen LogP contribution < -0.4 is 0 Å². The van der Waals surface area contributed by atoms with E-state index in [1.54, 1.807) is 17.8 Å². The summed E-state index contributed by atoms with van der Waals surface area (Å²) in [4.78, 5) is 22.4. The summed E-state index contributed by atoms with van der Waals surface area (Å²) < 4.78 is 5.99. The molecular formula is C10H13ClN2O3. The highest BCUT2D eigenvalue weighted by atomic mass is 35.5. The lowest BCUT2D eigenvalue weighted by molar-refractivity contribution is -0.144. The monoisotopic (exact) mass is 244 g/mol. The summed E-state index contributed by atoms with van der Waals surface area (Å²) in [7, 11) is 1.26. The fourth-order valence-corrected chi connectivity index (χ4v) is 1.37. The number of esters is 1. The Morgan fingerprint density at radius 2 is 2.31 bits per heavy atom. The molecule has 0 spiro atoms. The van der Waals surface area contributed by atoms with Crippen LogP contribution in [0.5, 0.6) is 0 Å². The van der Waals surface area contributed by atoms with Gasteiger partial charge in [-0.2, -0.15) is 5.10 Å². The predicted molar refractivity (Wildman–Crippen MR) is 58.0 cm³/mol. The first-order valence-electron chi connectivity index (χ1n) is 4.80. The maximum Gasteiger partial charge on any atom is 0.313 e. The van der Waals surface area contributed by atoms with Crippen LogP contribution in [0.2, 0.25) is 5.02 Å². The van der Waals surface area contributed by atoms with Crippen molar-refractivity contribution >= 4 is 23.4 Å². The third-order valence-electron chi connectivity index (χ3n) is 2.16. The van der Waals surface area contributed by atoms with Gasteiger partial charge in [-0.25, -0.2) is 0 Å². The summed E-state index contributed by atoms with van der Waals surface area (Å²) in [5.41, 5.74) is 0. The zero-order valence-corrected chi connectivity index (χ0v) is 9.90. The number of halogens is 1. The summed E-state index contributed by atoms with van der Waals surface area (Å²) in [6.07, 6.45) is 2.93. The van der Waals surface area contributed by atoms with Crippen LogP contribution in [0.1, 0.15) is 13.3 Å². The number of hydrogen-bond donors (Lipinski definition) is 0. The van der Waals surface area contributed by atoms with Gasteiger partial charge in [0.2, 0.25) is 0 Å². The van der Waals surface area contributed by atoms with Gasteiger partial charge >= 0.3 is 5.97 Å². The Kier molecular flexibility index (Phi) is 4.49. The Hall–Kier alpha value is -1.36. The Balaban J connectivity index is 2.48. The van der Waals surface area contributed by atoms with E-state index in [1.165, 1.54) is 13.3 Å². The molecule has 88 valence electrons. The molecule has 5 nitrogen and oxygen atoms in total. The first-order chi connectivity index (χ1) is 7.52. The molecule has 16 heavy (non-hydrogen) atoms.